The fraction of sp³-hybridized carbons (Fsp3) is 0.533. The second-order valence-corrected chi connectivity index (χ2v) is 4.87. The first-order valence-electron chi connectivity index (χ1n) is 6.80. The molecule has 1 aromatic carbocycles. The predicted octanol–water partition coefficient (Wildman–Crippen LogP) is 2.82. The molecule has 0 aliphatic rings. The van der Waals surface area contributed by atoms with Gasteiger partial charge in [-0.25, -0.2) is 8.78 Å². The van der Waals surface area contributed by atoms with Crippen molar-refractivity contribution in [1.29, 1.82) is 0 Å². The fourth-order valence-corrected chi connectivity index (χ4v) is 2.31. The number of hydrogen-bond donors (Lipinski definition) is 1. The molecule has 0 radical (unpaired) electrons. The van der Waals surface area contributed by atoms with Gasteiger partial charge in [0, 0.05) is 12.6 Å². The molecule has 0 aliphatic carbocycles. The monoisotopic (exact) mass is 285 g/mol. The van der Waals surface area contributed by atoms with Crippen molar-refractivity contribution in [3.63, 3.8) is 0 Å². The van der Waals surface area contributed by atoms with E-state index in [1.54, 1.807) is 6.92 Å². The number of esters is 1. The van der Waals surface area contributed by atoms with Crippen LogP contribution in [0.1, 0.15) is 32.3 Å². The average molecular weight is 285 g/mol. The van der Waals surface area contributed by atoms with E-state index in [0.29, 0.717) is 6.42 Å². The van der Waals surface area contributed by atoms with Crippen LogP contribution in [-0.4, -0.2) is 19.1 Å². The largest absolute Gasteiger partial charge is 0.466 e. The van der Waals surface area contributed by atoms with Crippen LogP contribution in [0.25, 0.3) is 0 Å². The van der Waals surface area contributed by atoms with Gasteiger partial charge in [0.15, 0.2) is 0 Å². The quantitative estimate of drug-likeness (QED) is 0.784. The van der Waals surface area contributed by atoms with Gasteiger partial charge < -0.3 is 10.5 Å². The Morgan fingerprint density at radius 2 is 2.05 bits per heavy atom. The van der Waals surface area contributed by atoms with Gasteiger partial charge in [0.2, 0.25) is 0 Å². The Morgan fingerprint density at radius 3 is 2.55 bits per heavy atom. The van der Waals surface area contributed by atoms with Gasteiger partial charge in [-0.05, 0) is 31.4 Å². The van der Waals surface area contributed by atoms with Gasteiger partial charge in [0.25, 0.3) is 0 Å². The minimum Gasteiger partial charge on any atom is -0.466 e. The van der Waals surface area contributed by atoms with Crippen LogP contribution in [-0.2, 0) is 16.0 Å². The lowest BCUT2D eigenvalue weighted by atomic mass is 9.77. The number of carbonyl (C=O) groups excluding carboxylic acids is 1. The Hall–Kier alpha value is -1.49. The molecule has 0 aliphatic heterocycles. The molecule has 112 valence electrons. The summed E-state index contributed by atoms with van der Waals surface area (Å²) in [6.07, 6.45) is 1.33. The Kier molecular flexibility index (Phi) is 6.07. The third kappa shape index (κ3) is 3.76. The lowest BCUT2D eigenvalue weighted by molar-refractivity contribution is -0.155. The van der Waals surface area contributed by atoms with Crippen LogP contribution in [0.3, 0.4) is 0 Å². The molecule has 5 heteroatoms. The first-order chi connectivity index (χ1) is 9.49. The molecular formula is C15H21F2NO2. The minimum absolute atomic E-state index is 0.0660. The normalized spacial score (nSPS) is 13.8. The SMILES string of the molecule is CCCC(CN)(Cc1ccc(F)cc1F)C(=O)OCC. The fourth-order valence-electron chi connectivity index (χ4n) is 2.31. The molecule has 0 bridgehead atoms. The van der Waals surface area contributed by atoms with E-state index in [1.807, 2.05) is 6.92 Å². The molecule has 1 rings (SSSR count). The van der Waals surface area contributed by atoms with Gasteiger partial charge in [-0.3, -0.25) is 4.79 Å². The summed E-state index contributed by atoms with van der Waals surface area (Å²) >= 11 is 0. The van der Waals surface area contributed by atoms with E-state index < -0.39 is 23.0 Å². The Morgan fingerprint density at radius 1 is 1.35 bits per heavy atom. The van der Waals surface area contributed by atoms with Gasteiger partial charge in [-0.2, -0.15) is 0 Å². The zero-order chi connectivity index (χ0) is 15.2. The van der Waals surface area contributed by atoms with Crippen LogP contribution < -0.4 is 5.73 Å². The number of benzene rings is 1. The third-order valence-electron chi connectivity index (χ3n) is 3.37. The van der Waals surface area contributed by atoms with Crippen LogP contribution in [0.2, 0.25) is 0 Å². The highest BCUT2D eigenvalue weighted by atomic mass is 19.1. The number of hydrogen-bond acceptors (Lipinski definition) is 3. The smallest absolute Gasteiger partial charge is 0.313 e. The second-order valence-electron chi connectivity index (χ2n) is 4.87. The van der Waals surface area contributed by atoms with E-state index in [-0.39, 0.29) is 25.1 Å². The van der Waals surface area contributed by atoms with Crippen molar-refractivity contribution in [3.8, 4) is 0 Å². The van der Waals surface area contributed by atoms with Gasteiger partial charge >= 0.3 is 5.97 Å². The van der Waals surface area contributed by atoms with Gasteiger partial charge in [-0.15, -0.1) is 0 Å². The first kappa shape index (κ1) is 16.6. The standard InChI is InChI=1S/C15H21F2NO2/c1-3-7-15(10-18,14(19)20-4-2)9-11-5-6-12(16)8-13(11)17/h5-6,8H,3-4,7,9-10,18H2,1-2H3. The maximum Gasteiger partial charge on any atom is 0.313 e. The van der Waals surface area contributed by atoms with Crippen molar-refractivity contribution in [2.75, 3.05) is 13.2 Å². The molecule has 0 aromatic heterocycles. The van der Waals surface area contributed by atoms with E-state index in [1.165, 1.54) is 12.1 Å². The average Bonchev–Trinajstić information content (AvgIpc) is 2.41. The summed E-state index contributed by atoms with van der Waals surface area (Å²) < 4.78 is 31.8. The molecule has 0 amide bonds. The molecule has 20 heavy (non-hydrogen) atoms. The highest BCUT2D eigenvalue weighted by molar-refractivity contribution is 5.77. The third-order valence-corrected chi connectivity index (χ3v) is 3.37. The number of halogens is 2. The van der Waals surface area contributed by atoms with Gasteiger partial charge in [0.05, 0.1) is 12.0 Å². The van der Waals surface area contributed by atoms with Crippen molar-refractivity contribution in [1.82, 2.24) is 0 Å². The van der Waals surface area contributed by atoms with E-state index in [0.717, 1.165) is 12.5 Å². The maximum atomic E-state index is 13.8. The van der Waals surface area contributed by atoms with Gasteiger partial charge in [0.1, 0.15) is 11.6 Å². The molecule has 1 unspecified atom stereocenters. The van der Waals surface area contributed by atoms with Crippen LogP contribution in [0.15, 0.2) is 18.2 Å². The number of ether oxygens (including phenoxy) is 1. The molecular weight excluding hydrogens is 264 g/mol. The van der Waals surface area contributed by atoms with Crippen molar-refractivity contribution in [2.45, 2.75) is 33.1 Å². The summed E-state index contributed by atoms with van der Waals surface area (Å²) in [5.74, 6) is -1.73. The summed E-state index contributed by atoms with van der Waals surface area (Å²) in [5.41, 5.74) is 5.08. The molecule has 1 aromatic rings. The van der Waals surface area contributed by atoms with Crippen molar-refractivity contribution in [3.05, 3.63) is 35.4 Å². The van der Waals surface area contributed by atoms with E-state index in [2.05, 4.69) is 0 Å². The molecule has 2 N–H and O–H groups in total. The number of carbonyl (C=O) groups is 1. The molecule has 0 fully saturated rings. The van der Waals surface area contributed by atoms with Crippen molar-refractivity contribution >= 4 is 5.97 Å². The number of rotatable bonds is 7. The summed E-state index contributed by atoms with van der Waals surface area (Å²) in [5, 5.41) is 0. The number of nitrogens with two attached hydrogens (primary N) is 1. The molecule has 3 nitrogen and oxygen atoms in total. The molecule has 1 atom stereocenters. The first-order valence-corrected chi connectivity index (χ1v) is 6.80. The lowest BCUT2D eigenvalue weighted by Crippen LogP contribution is -2.42. The lowest BCUT2D eigenvalue weighted by Gasteiger charge is -2.30. The zero-order valence-corrected chi connectivity index (χ0v) is 11.9. The Bertz CT molecular complexity index is 465. The van der Waals surface area contributed by atoms with E-state index >= 15 is 0 Å². The van der Waals surface area contributed by atoms with Crippen molar-refractivity contribution < 1.29 is 18.3 Å². The summed E-state index contributed by atoms with van der Waals surface area (Å²) in [4.78, 5) is 12.2. The van der Waals surface area contributed by atoms with Crippen LogP contribution in [0.5, 0.6) is 0 Å². The summed E-state index contributed by atoms with van der Waals surface area (Å²) in [6, 6.07) is 3.34. The van der Waals surface area contributed by atoms with E-state index in [9.17, 15) is 13.6 Å². The Labute approximate surface area is 118 Å². The highest BCUT2D eigenvalue weighted by Crippen LogP contribution is 2.30. The maximum absolute atomic E-state index is 13.8. The highest BCUT2D eigenvalue weighted by Gasteiger charge is 2.38. The van der Waals surface area contributed by atoms with E-state index in [4.69, 9.17) is 10.5 Å². The van der Waals surface area contributed by atoms with Crippen molar-refractivity contribution in [2.24, 2.45) is 11.1 Å². The van der Waals surface area contributed by atoms with Crippen LogP contribution in [0, 0.1) is 17.0 Å². The predicted molar refractivity (Wildman–Crippen MR) is 73.1 cm³/mol. The van der Waals surface area contributed by atoms with Crippen LogP contribution >= 0.6 is 0 Å². The Balaban J connectivity index is 3.07. The topological polar surface area (TPSA) is 52.3 Å². The molecule has 0 heterocycles. The summed E-state index contributed by atoms with van der Waals surface area (Å²) in [6.45, 7) is 3.95. The van der Waals surface area contributed by atoms with Crippen LogP contribution in [0.4, 0.5) is 8.78 Å². The van der Waals surface area contributed by atoms with Gasteiger partial charge in [-0.1, -0.05) is 19.4 Å². The molecule has 0 spiro atoms. The minimum atomic E-state index is -0.955. The zero-order valence-electron chi connectivity index (χ0n) is 11.9. The summed E-state index contributed by atoms with van der Waals surface area (Å²) in [7, 11) is 0. The molecule has 0 saturated heterocycles. The molecule has 0 saturated carbocycles. The second kappa shape index (κ2) is 7.33.